The molecule has 1 fully saturated rings. The predicted molar refractivity (Wildman–Crippen MR) is 85.2 cm³/mol. The summed E-state index contributed by atoms with van der Waals surface area (Å²) in [6, 6.07) is 1.98. The Bertz CT molecular complexity index is 676. The Hall–Kier alpha value is -2.31. The van der Waals surface area contributed by atoms with Crippen LogP contribution in [0.5, 0.6) is 0 Å². The SMILES string of the molecule is CCOC(=O)CNc1nc(N2CCCC2)nc2[nH]c(C)cc12. The number of nitrogens with one attached hydrogen (secondary N) is 2. The van der Waals surface area contributed by atoms with Crippen molar-refractivity contribution in [3.05, 3.63) is 11.8 Å². The highest BCUT2D eigenvalue weighted by molar-refractivity contribution is 5.90. The van der Waals surface area contributed by atoms with Gasteiger partial charge in [-0.05, 0) is 32.8 Å². The number of H-pyrrole nitrogens is 1. The van der Waals surface area contributed by atoms with Gasteiger partial charge in [-0.25, -0.2) is 0 Å². The van der Waals surface area contributed by atoms with Crippen LogP contribution in [-0.2, 0) is 9.53 Å². The third-order valence-electron chi connectivity index (χ3n) is 3.70. The predicted octanol–water partition coefficient (Wildman–Crippen LogP) is 1.84. The van der Waals surface area contributed by atoms with Gasteiger partial charge in [0.25, 0.3) is 0 Å². The second-order valence-corrected chi connectivity index (χ2v) is 5.44. The first-order chi connectivity index (χ1) is 10.7. The highest BCUT2D eigenvalue weighted by atomic mass is 16.5. The summed E-state index contributed by atoms with van der Waals surface area (Å²) in [5.41, 5.74) is 1.81. The van der Waals surface area contributed by atoms with Crippen molar-refractivity contribution in [3.8, 4) is 0 Å². The van der Waals surface area contributed by atoms with Gasteiger partial charge in [-0.1, -0.05) is 0 Å². The van der Waals surface area contributed by atoms with Crippen LogP contribution in [0.1, 0.15) is 25.5 Å². The van der Waals surface area contributed by atoms with E-state index in [1.54, 1.807) is 6.92 Å². The van der Waals surface area contributed by atoms with Crippen molar-refractivity contribution in [3.63, 3.8) is 0 Å². The minimum atomic E-state index is -0.288. The molecular formula is C15H21N5O2. The van der Waals surface area contributed by atoms with Gasteiger partial charge in [0.1, 0.15) is 18.0 Å². The minimum absolute atomic E-state index is 0.101. The summed E-state index contributed by atoms with van der Waals surface area (Å²) in [7, 11) is 0. The second kappa shape index (κ2) is 6.21. The molecule has 0 bridgehead atoms. The van der Waals surface area contributed by atoms with Crippen LogP contribution < -0.4 is 10.2 Å². The van der Waals surface area contributed by atoms with Crippen molar-refractivity contribution < 1.29 is 9.53 Å². The van der Waals surface area contributed by atoms with Crippen molar-refractivity contribution >= 4 is 28.8 Å². The lowest BCUT2D eigenvalue weighted by Crippen LogP contribution is -2.22. The molecule has 2 aromatic heterocycles. The molecule has 1 aliphatic rings. The van der Waals surface area contributed by atoms with E-state index in [1.165, 1.54) is 0 Å². The molecule has 0 saturated carbocycles. The van der Waals surface area contributed by atoms with Crippen molar-refractivity contribution in [1.82, 2.24) is 15.0 Å². The van der Waals surface area contributed by atoms with Gasteiger partial charge in [-0.15, -0.1) is 0 Å². The van der Waals surface area contributed by atoms with E-state index in [1.807, 2.05) is 13.0 Å². The number of carbonyl (C=O) groups excluding carboxylic acids is 1. The molecule has 118 valence electrons. The highest BCUT2D eigenvalue weighted by Crippen LogP contribution is 2.25. The van der Waals surface area contributed by atoms with Gasteiger partial charge in [0.2, 0.25) is 5.95 Å². The van der Waals surface area contributed by atoms with E-state index in [0.29, 0.717) is 18.4 Å². The topological polar surface area (TPSA) is 83.1 Å². The normalized spacial score (nSPS) is 14.5. The summed E-state index contributed by atoms with van der Waals surface area (Å²) >= 11 is 0. The van der Waals surface area contributed by atoms with Gasteiger partial charge in [0.15, 0.2) is 0 Å². The summed E-state index contributed by atoms with van der Waals surface area (Å²) in [6.45, 7) is 6.20. The largest absolute Gasteiger partial charge is 0.465 e. The summed E-state index contributed by atoms with van der Waals surface area (Å²) in [6.07, 6.45) is 2.33. The lowest BCUT2D eigenvalue weighted by Gasteiger charge is -2.16. The molecule has 0 spiro atoms. The van der Waals surface area contributed by atoms with Gasteiger partial charge in [0.05, 0.1) is 12.0 Å². The van der Waals surface area contributed by atoms with Crippen molar-refractivity contribution in [2.45, 2.75) is 26.7 Å². The Morgan fingerprint density at radius 2 is 2.18 bits per heavy atom. The number of fused-ring (bicyclic) bond motifs is 1. The van der Waals surface area contributed by atoms with Gasteiger partial charge < -0.3 is 19.9 Å². The number of aromatic amines is 1. The standard InChI is InChI=1S/C15H21N5O2/c1-3-22-12(21)9-16-13-11-8-10(2)17-14(11)19-15(18-13)20-6-4-5-7-20/h8H,3-7,9H2,1-2H3,(H2,16,17,18,19). The summed E-state index contributed by atoms with van der Waals surface area (Å²) in [5, 5.41) is 3.97. The Balaban J connectivity index is 1.89. The summed E-state index contributed by atoms with van der Waals surface area (Å²) in [5.74, 6) is 1.09. The Kier molecular flexibility index (Phi) is 4.13. The average molecular weight is 303 g/mol. The molecule has 0 unspecified atom stereocenters. The molecule has 0 radical (unpaired) electrons. The fourth-order valence-electron chi connectivity index (χ4n) is 2.69. The molecule has 3 rings (SSSR count). The van der Waals surface area contributed by atoms with E-state index < -0.39 is 0 Å². The molecule has 7 heteroatoms. The quantitative estimate of drug-likeness (QED) is 0.820. The zero-order valence-corrected chi connectivity index (χ0v) is 13.0. The first-order valence-corrected chi connectivity index (χ1v) is 7.69. The first kappa shape index (κ1) is 14.6. The van der Waals surface area contributed by atoms with Crippen LogP contribution in [0.25, 0.3) is 11.0 Å². The van der Waals surface area contributed by atoms with E-state index in [4.69, 9.17) is 4.74 Å². The second-order valence-electron chi connectivity index (χ2n) is 5.44. The number of aryl methyl sites for hydroxylation is 1. The minimum Gasteiger partial charge on any atom is -0.465 e. The molecule has 0 amide bonds. The number of nitrogens with zero attached hydrogens (tertiary/aromatic N) is 3. The fraction of sp³-hybridized carbons (Fsp3) is 0.533. The Morgan fingerprint density at radius 3 is 2.91 bits per heavy atom. The zero-order valence-electron chi connectivity index (χ0n) is 13.0. The van der Waals surface area contributed by atoms with E-state index in [2.05, 4.69) is 25.2 Å². The number of esters is 1. The maximum atomic E-state index is 11.6. The number of hydrogen-bond acceptors (Lipinski definition) is 6. The van der Waals surface area contributed by atoms with Crippen LogP contribution in [-0.4, -0.2) is 47.2 Å². The van der Waals surface area contributed by atoms with Crippen LogP contribution in [0.15, 0.2) is 6.07 Å². The van der Waals surface area contributed by atoms with Gasteiger partial charge in [-0.2, -0.15) is 9.97 Å². The maximum Gasteiger partial charge on any atom is 0.325 e. The Morgan fingerprint density at radius 1 is 1.41 bits per heavy atom. The maximum absolute atomic E-state index is 11.6. The molecule has 0 atom stereocenters. The van der Waals surface area contributed by atoms with E-state index in [0.717, 1.165) is 42.7 Å². The van der Waals surface area contributed by atoms with Crippen molar-refractivity contribution in [1.29, 1.82) is 0 Å². The number of rotatable bonds is 5. The van der Waals surface area contributed by atoms with Crippen molar-refractivity contribution in [2.24, 2.45) is 0 Å². The van der Waals surface area contributed by atoms with Gasteiger partial charge in [0, 0.05) is 18.8 Å². The lowest BCUT2D eigenvalue weighted by molar-refractivity contribution is -0.140. The third-order valence-corrected chi connectivity index (χ3v) is 3.70. The van der Waals surface area contributed by atoms with E-state index >= 15 is 0 Å². The number of hydrogen-bond donors (Lipinski definition) is 2. The monoisotopic (exact) mass is 303 g/mol. The number of ether oxygens (including phenoxy) is 1. The molecule has 0 aromatic carbocycles. The molecule has 2 N–H and O–H groups in total. The summed E-state index contributed by atoms with van der Waals surface area (Å²) < 4.78 is 4.95. The molecule has 22 heavy (non-hydrogen) atoms. The number of aromatic nitrogens is 3. The number of anilines is 2. The lowest BCUT2D eigenvalue weighted by atomic mass is 10.3. The molecule has 0 aliphatic carbocycles. The van der Waals surface area contributed by atoms with Gasteiger partial charge in [-0.3, -0.25) is 4.79 Å². The van der Waals surface area contributed by atoms with Crippen LogP contribution in [0, 0.1) is 6.92 Å². The molecular weight excluding hydrogens is 282 g/mol. The smallest absolute Gasteiger partial charge is 0.325 e. The van der Waals surface area contributed by atoms with Crippen LogP contribution in [0.3, 0.4) is 0 Å². The first-order valence-electron chi connectivity index (χ1n) is 7.69. The molecule has 2 aromatic rings. The van der Waals surface area contributed by atoms with Crippen molar-refractivity contribution in [2.75, 3.05) is 36.5 Å². The molecule has 7 nitrogen and oxygen atoms in total. The van der Waals surface area contributed by atoms with E-state index in [-0.39, 0.29) is 12.5 Å². The molecule has 3 heterocycles. The Labute approximate surface area is 129 Å². The zero-order chi connectivity index (χ0) is 15.5. The van der Waals surface area contributed by atoms with Crippen LogP contribution in [0.4, 0.5) is 11.8 Å². The van der Waals surface area contributed by atoms with Gasteiger partial charge >= 0.3 is 5.97 Å². The molecule has 1 aliphatic heterocycles. The fourth-order valence-corrected chi connectivity index (χ4v) is 2.69. The number of carbonyl (C=O) groups is 1. The average Bonchev–Trinajstić information content (AvgIpc) is 3.12. The van der Waals surface area contributed by atoms with Crippen LogP contribution >= 0.6 is 0 Å². The highest BCUT2D eigenvalue weighted by Gasteiger charge is 2.18. The summed E-state index contributed by atoms with van der Waals surface area (Å²) in [4.78, 5) is 26.2. The third kappa shape index (κ3) is 2.98. The van der Waals surface area contributed by atoms with E-state index in [9.17, 15) is 4.79 Å². The molecule has 1 saturated heterocycles. The van der Waals surface area contributed by atoms with Crippen LogP contribution in [0.2, 0.25) is 0 Å².